The SMILES string of the molecule is Cc1c(-c2cc(C(=O)NCCN(C)c3ccccc3)c3ccccc3n2)cnn1C. The van der Waals surface area contributed by atoms with Crippen molar-refractivity contribution >= 4 is 22.5 Å². The van der Waals surface area contributed by atoms with E-state index in [1.54, 1.807) is 6.20 Å². The van der Waals surface area contributed by atoms with Gasteiger partial charge in [0.2, 0.25) is 0 Å². The lowest BCUT2D eigenvalue weighted by Gasteiger charge is -2.19. The Labute approximate surface area is 176 Å². The van der Waals surface area contributed by atoms with E-state index >= 15 is 0 Å². The second-order valence-electron chi connectivity index (χ2n) is 7.35. The second kappa shape index (κ2) is 8.37. The molecule has 0 radical (unpaired) electrons. The van der Waals surface area contributed by atoms with E-state index in [9.17, 15) is 4.79 Å². The zero-order valence-corrected chi connectivity index (χ0v) is 17.5. The Hall–Kier alpha value is -3.67. The molecule has 0 bridgehead atoms. The van der Waals surface area contributed by atoms with E-state index < -0.39 is 0 Å². The molecular formula is C24H25N5O. The molecule has 1 amide bonds. The number of pyridine rings is 1. The molecule has 0 aliphatic heterocycles. The number of fused-ring (bicyclic) bond motifs is 1. The van der Waals surface area contributed by atoms with E-state index in [1.165, 1.54) is 0 Å². The summed E-state index contributed by atoms with van der Waals surface area (Å²) in [4.78, 5) is 20.0. The number of likely N-dealkylation sites (N-methyl/N-ethyl adjacent to an activating group) is 1. The number of aryl methyl sites for hydroxylation is 1. The van der Waals surface area contributed by atoms with Gasteiger partial charge in [-0.25, -0.2) is 4.98 Å². The van der Waals surface area contributed by atoms with Gasteiger partial charge in [-0.3, -0.25) is 9.48 Å². The number of hydrogen-bond acceptors (Lipinski definition) is 4. The van der Waals surface area contributed by atoms with E-state index in [-0.39, 0.29) is 5.91 Å². The van der Waals surface area contributed by atoms with Crippen molar-refractivity contribution in [1.29, 1.82) is 0 Å². The average molecular weight is 399 g/mol. The molecule has 0 spiro atoms. The smallest absolute Gasteiger partial charge is 0.252 e. The third kappa shape index (κ3) is 3.89. The maximum absolute atomic E-state index is 13.1. The molecule has 2 heterocycles. The topological polar surface area (TPSA) is 63.1 Å². The van der Waals surface area contributed by atoms with Crippen molar-refractivity contribution in [1.82, 2.24) is 20.1 Å². The molecule has 0 saturated carbocycles. The fraction of sp³-hybridized carbons (Fsp3) is 0.208. The normalized spacial score (nSPS) is 10.9. The van der Waals surface area contributed by atoms with Gasteiger partial charge in [-0.1, -0.05) is 36.4 Å². The predicted octanol–water partition coefficient (Wildman–Crippen LogP) is 3.81. The van der Waals surface area contributed by atoms with Gasteiger partial charge in [0.25, 0.3) is 5.91 Å². The highest BCUT2D eigenvalue weighted by Crippen LogP contribution is 2.26. The van der Waals surface area contributed by atoms with Crippen LogP contribution in [0.5, 0.6) is 0 Å². The Bertz CT molecular complexity index is 1180. The molecule has 6 nitrogen and oxygen atoms in total. The van der Waals surface area contributed by atoms with Crippen molar-refractivity contribution in [2.45, 2.75) is 6.92 Å². The maximum atomic E-state index is 13.1. The molecule has 0 fully saturated rings. The zero-order chi connectivity index (χ0) is 21.1. The molecule has 0 saturated heterocycles. The lowest BCUT2D eigenvalue weighted by molar-refractivity contribution is 0.0956. The Morgan fingerprint density at radius 3 is 2.57 bits per heavy atom. The summed E-state index contributed by atoms with van der Waals surface area (Å²) in [6, 6.07) is 19.7. The van der Waals surface area contributed by atoms with Crippen molar-refractivity contribution in [2.24, 2.45) is 7.05 Å². The molecule has 152 valence electrons. The number of rotatable bonds is 6. The first kappa shape index (κ1) is 19.6. The number of carbonyl (C=O) groups excluding carboxylic acids is 1. The number of para-hydroxylation sites is 2. The van der Waals surface area contributed by atoms with Crippen molar-refractivity contribution in [3.63, 3.8) is 0 Å². The molecule has 2 aromatic heterocycles. The summed E-state index contributed by atoms with van der Waals surface area (Å²) in [6.07, 6.45) is 1.79. The number of carbonyl (C=O) groups is 1. The summed E-state index contributed by atoms with van der Waals surface area (Å²) in [5.41, 5.74) is 5.24. The quantitative estimate of drug-likeness (QED) is 0.536. The molecule has 0 aliphatic rings. The van der Waals surface area contributed by atoms with Gasteiger partial charge < -0.3 is 10.2 Å². The van der Waals surface area contributed by atoms with Crippen LogP contribution >= 0.6 is 0 Å². The highest BCUT2D eigenvalue weighted by molar-refractivity contribution is 6.07. The van der Waals surface area contributed by atoms with Crippen molar-refractivity contribution in [2.75, 3.05) is 25.0 Å². The lowest BCUT2D eigenvalue weighted by Crippen LogP contribution is -2.33. The van der Waals surface area contributed by atoms with Crippen LogP contribution in [0.2, 0.25) is 0 Å². The summed E-state index contributed by atoms with van der Waals surface area (Å²) < 4.78 is 1.81. The molecule has 0 unspecified atom stereocenters. The maximum Gasteiger partial charge on any atom is 0.252 e. The Morgan fingerprint density at radius 1 is 1.10 bits per heavy atom. The minimum Gasteiger partial charge on any atom is -0.373 e. The summed E-state index contributed by atoms with van der Waals surface area (Å²) >= 11 is 0. The molecule has 0 aliphatic carbocycles. The number of nitrogens with zero attached hydrogens (tertiary/aromatic N) is 4. The standard InChI is InChI=1S/C24H25N5O/c1-17-21(16-26-29(17)3)23-15-20(19-11-7-8-12-22(19)27-23)24(30)25-13-14-28(2)18-9-5-4-6-10-18/h4-12,15-16H,13-14H2,1-3H3,(H,25,30). The summed E-state index contributed by atoms with van der Waals surface area (Å²) in [7, 11) is 3.92. The lowest BCUT2D eigenvalue weighted by atomic mass is 10.0. The van der Waals surface area contributed by atoms with Gasteiger partial charge in [0, 0.05) is 49.5 Å². The minimum atomic E-state index is -0.0992. The molecule has 30 heavy (non-hydrogen) atoms. The van der Waals surface area contributed by atoms with Crippen molar-refractivity contribution < 1.29 is 4.79 Å². The number of aromatic nitrogens is 3. The number of nitrogens with one attached hydrogen (secondary N) is 1. The number of benzene rings is 2. The highest BCUT2D eigenvalue weighted by Gasteiger charge is 2.16. The Kier molecular flexibility index (Phi) is 5.48. The largest absolute Gasteiger partial charge is 0.373 e. The Morgan fingerprint density at radius 2 is 1.83 bits per heavy atom. The van der Waals surface area contributed by atoms with E-state index in [1.807, 2.05) is 74.2 Å². The first-order chi connectivity index (χ1) is 14.5. The van der Waals surface area contributed by atoms with Gasteiger partial charge >= 0.3 is 0 Å². The van der Waals surface area contributed by atoms with Crippen LogP contribution in [-0.2, 0) is 7.05 Å². The third-order valence-corrected chi connectivity index (χ3v) is 5.40. The highest BCUT2D eigenvalue weighted by atomic mass is 16.1. The molecule has 4 rings (SSSR count). The monoisotopic (exact) mass is 399 g/mol. The van der Waals surface area contributed by atoms with E-state index in [0.717, 1.165) is 33.5 Å². The fourth-order valence-corrected chi connectivity index (χ4v) is 3.50. The van der Waals surface area contributed by atoms with Crippen LogP contribution < -0.4 is 10.2 Å². The summed E-state index contributed by atoms with van der Waals surface area (Å²) in [6.45, 7) is 3.26. The number of amides is 1. The van der Waals surface area contributed by atoms with E-state index in [2.05, 4.69) is 27.4 Å². The fourth-order valence-electron chi connectivity index (χ4n) is 3.50. The zero-order valence-electron chi connectivity index (χ0n) is 17.5. The van der Waals surface area contributed by atoms with Gasteiger partial charge in [0.15, 0.2) is 0 Å². The van der Waals surface area contributed by atoms with Crippen LogP contribution in [0.1, 0.15) is 16.1 Å². The Balaban J connectivity index is 1.58. The van der Waals surface area contributed by atoms with Crippen LogP contribution in [0, 0.1) is 6.92 Å². The number of hydrogen-bond donors (Lipinski definition) is 1. The molecule has 0 atom stereocenters. The molecule has 1 N–H and O–H groups in total. The summed E-state index contributed by atoms with van der Waals surface area (Å²) in [5, 5.41) is 8.22. The molecule has 2 aromatic carbocycles. The molecule has 4 aromatic rings. The molecule has 6 heteroatoms. The molecular weight excluding hydrogens is 374 g/mol. The third-order valence-electron chi connectivity index (χ3n) is 5.40. The first-order valence-electron chi connectivity index (χ1n) is 9.98. The van der Waals surface area contributed by atoms with Crippen LogP contribution in [0.25, 0.3) is 22.2 Å². The predicted molar refractivity (Wildman–Crippen MR) is 121 cm³/mol. The van der Waals surface area contributed by atoms with Gasteiger partial charge in [-0.05, 0) is 31.2 Å². The van der Waals surface area contributed by atoms with Crippen molar-refractivity contribution in [3.8, 4) is 11.3 Å². The van der Waals surface area contributed by atoms with E-state index in [0.29, 0.717) is 18.7 Å². The van der Waals surface area contributed by atoms with Gasteiger partial charge in [0.05, 0.1) is 23.0 Å². The van der Waals surface area contributed by atoms with Crippen LogP contribution in [-0.4, -0.2) is 40.8 Å². The first-order valence-corrected chi connectivity index (χ1v) is 9.98. The van der Waals surface area contributed by atoms with Crippen LogP contribution in [0.15, 0.2) is 66.9 Å². The van der Waals surface area contributed by atoms with Crippen molar-refractivity contribution in [3.05, 3.63) is 78.1 Å². The second-order valence-corrected chi connectivity index (χ2v) is 7.35. The average Bonchev–Trinajstić information content (AvgIpc) is 3.11. The van der Waals surface area contributed by atoms with Crippen LogP contribution in [0.4, 0.5) is 5.69 Å². The van der Waals surface area contributed by atoms with E-state index in [4.69, 9.17) is 4.98 Å². The summed E-state index contributed by atoms with van der Waals surface area (Å²) in [5.74, 6) is -0.0992. The number of anilines is 1. The minimum absolute atomic E-state index is 0.0992. The van der Waals surface area contributed by atoms with Gasteiger partial charge in [-0.15, -0.1) is 0 Å². The van der Waals surface area contributed by atoms with Crippen LogP contribution in [0.3, 0.4) is 0 Å². The van der Waals surface area contributed by atoms with Gasteiger partial charge in [0.1, 0.15) is 0 Å². The van der Waals surface area contributed by atoms with Gasteiger partial charge in [-0.2, -0.15) is 5.10 Å².